The second kappa shape index (κ2) is 7.89. The molecule has 27 heavy (non-hydrogen) atoms. The Morgan fingerprint density at radius 2 is 2.07 bits per heavy atom. The normalized spacial score (nSPS) is 16.3. The number of aryl methyl sites for hydroxylation is 1. The summed E-state index contributed by atoms with van der Waals surface area (Å²) in [5.74, 6) is 0.827. The molecule has 2 aromatic heterocycles. The van der Waals surface area contributed by atoms with Gasteiger partial charge in [0.15, 0.2) is 5.82 Å². The first-order chi connectivity index (χ1) is 13.1. The minimum absolute atomic E-state index is 0.194. The second-order valence-corrected chi connectivity index (χ2v) is 7.56. The number of benzene rings is 1. The van der Waals surface area contributed by atoms with Crippen molar-refractivity contribution in [3.05, 3.63) is 69.5 Å². The van der Waals surface area contributed by atoms with Gasteiger partial charge in [-0.3, -0.25) is 0 Å². The molecule has 0 aliphatic heterocycles. The number of aromatic nitrogens is 3. The van der Waals surface area contributed by atoms with Crippen LogP contribution < -0.4 is 5.32 Å². The van der Waals surface area contributed by atoms with E-state index in [1.54, 1.807) is 6.20 Å². The molecule has 0 spiro atoms. The molecular formula is C20H20Cl2N4O. The maximum absolute atomic E-state index is 10.6. The lowest BCUT2D eigenvalue weighted by atomic mass is 9.93. The van der Waals surface area contributed by atoms with Gasteiger partial charge in [0.25, 0.3) is 0 Å². The minimum atomic E-state index is 0.194. The quantitative estimate of drug-likeness (QED) is 0.677. The first-order valence-electron chi connectivity index (χ1n) is 9.00. The Morgan fingerprint density at radius 1 is 1.19 bits per heavy atom. The Balaban J connectivity index is 1.40. The van der Waals surface area contributed by atoms with Crippen molar-refractivity contribution in [2.75, 3.05) is 6.54 Å². The lowest BCUT2D eigenvalue weighted by Crippen LogP contribution is -2.35. The molecule has 0 saturated carbocycles. The molecule has 2 heterocycles. The van der Waals surface area contributed by atoms with Crippen molar-refractivity contribution in [3.8, 4) is 11.7 Å². The first kappa shape index (κ1) is 18.3. The fraction of sp³-hybridized carbons (Fsp3) is 0.300. The van der Waals surface area contributed by atoms with Crippen LogP contribution >= 0.6 is 23.2 Å². The third kappa shape index (κ3) is 3.95. The largest absolute Gasteiger partial charge is 0.493 e. The zero-order valence-electron chi connectivity index (χ0n) is 14.7. The van der Waals surface area contributed by atoms with Crippen LogP contribution in [0.3, 0.4) is 0 Å². The molecule has 0 amide bonds. The third-order valence-electron chi connectivity index (χ3n) is 4.92. The van der Waals surface area contributed by atoms with Gasteiger partial charge in [-0.25, -0.2) is 4.98 Å². The lowest BCUT2D eigenvalue weighted by molar-refractivity contribution is 0.413. The second-order valence-electron chi connectivity index (χ2n) is 6.74. The monoisotopic (exact) mass is 402 g/mol. The number of nitrogens with one attached hydrogen (secondary N) is 1. The zero-order chi connectivity index (χ0) is 18.8. The average Bonchev–Trinajstić information content (AvgIpc) is 3.02. The highest BCUT2D eigenvalue weighted by molar-refractivity contribution is 6.42. The maximum atomic E-state index is 10.6. The molecule has 1 atom stereocenters. The van der Waals surface area contributed by atoms with Gasteiger partial charge in [0.05, 0.1) is 15.7 Å². The van der Waals surface area contributed by atoms with Crippen LogP contribution in [-0.4, -0.2) is 32.5 Å². The van der Waals surface area contributed by atoms with Crippen LogP contribution in [0.25, 0.3) is 5.82 Å². The summed E-state index contributed by atoms with van der Waals surface area (Å²) in [5.41, 5.74) is 3.03. The summed E-state index contributed by atoms with van der Waals surface area (Å²) in [6.45, 7) is 0.840. The highest BCUT2D eigenvalue weighted by atomic mass is 35.5. The fourth-order valence-electron chi connectivity index (χ4n) is 3.48. The molecule has 7 heteroatoms. The Labute approximate surface area is 168 Å². The van der Waals surface area contributed by atoms with Crippen molar-refractivity contribution in [2.24, 2.45) is 0 Å². The molecule has 1 unspecified atom stereocenters. The van der Waals surface area contributed by atoms with Crippen molar-refractivity contribution < 1.29 is 5.11 Å². The molecule has 1 aliphatic rings. The molecule has 3 aromatic rings. The molecule has 0 radical (unpaired) electrons. The Hall–Kier alpha value is -2.08. The number of fused-ring (bicyclic) bond motifs is 1. The summed E-state index contributed by atoms with van der Waals surface area (Å²) < 4.78 is 1.53. The lowest BCUT2D eigenvalue weighted by Gasteiger charge is -2.22. The van der Waals surface area contributed by atoms with Crippen molar-refractivity contribution in [1.29, 1.82) is 0 Å². The average molecular weight is 403 g/mol. The van der Waals surface area contributed by atoms with E-state index in [1.165, 1.54) is 4.68 Å². The molecule has 0 bridgehead atoms. The molecule has 1 aliphatic carbocycles. The molecule has 140 valence electrons. The topological polar surface area (TPSA) is 63.0 Å². The molecular weight excluding hydrogens is 383 g/mol. The van der Waals surface area contributed by atoms with Crippen molar-refractivity contribution >= 4 is 23.2 Å². The number of halogens is 2. The third-order valence-corrected chi connectivity index (χ3v) is 5.66. The predicted octanol–water partition coefficient (Wildman–Crippen LogP) is 3.97. The van der Waals surface area contributed by atoms with Crippen LogP contribution in [0.4, 0.5) is 0 Å². The summed E-state index contributed by atoms with van der Waals surface area (Å²) in [7, 11) is 0. The van der Waals surface area contributed by atoms with Crippen LogP contribution in [0.5, 0.6) is 5.88 Å². The maximum Gasteiger partial charge on any atom is 0.219 e. The van der Waals surface area contributed by atoms with Gasteiger partial charge in [-0.05, 0) is 62.1 Å². The zero-order valence-corrected chi connectivity index (χ0v) is 16.2. The van der Waals surface area contributed by atoms with Crippen LogP contribution in [0, 0.1) is 0 Å². The van der Waals surface area contributed by atoms with E-state index in [0.29, 0.717) is 21.9 Å². The molecule has 2 N–H and O–H groups in total. The van der Waals surface area contributed by atoms with Crippen LogP contribution in [-0.2, 0) is 19.3 Å². The number of aromatic hydroxyl groups is 1. The van der Waals surface area contributed by atoms with E-state index in [1.807, 2.05) is 36.4 Å². The van der Waals surface area contributed by atoms with E-state index in [2.05, 4.69) is 15.4 Å². The molecule has 5 nitrogen and oxygen atoms in total. The van der Waals surface area contributed by atoms with E-state index in [-0.39, 0.29) is 5.88 Å². The van der Waals surface area contributed by atoms with E-state index in [9.17, 15) is 5.11 Å². The molecule has 4 rings (SSSR count). The summed E-state index contributed by atoms with van der Waals surface area (Å²) in [4.78, 5) is 4.27. The van der Waals surface area contributed by atoms with E-state index >= 15 is 0 Å². The van der Waals surface area contributed by atoms with Crippen LogP contribution in [0.1, 0.15) is 23.2 Å². The molecule has 1 aromatic carbocycles. The number of rotatable bonds is 5. The van der Waals surface area contributed by atoms with E-state index in [4.69, 9.17) is 23.2 Å². The van der Waals surface area contributed by atoms with Gasteiger partial charge in [-0.1, -0.05) is 35.3 Å². The van der Waals surface area contributed by atoms with Crippen molar-refractivity contribution in [3.63, 3.8) is 0 Å². The van der Waals surface area contributed by atoms with Crippen LogP contribution in [0.2, 0.25) is 10.0 Å². The Bertz CT molecular complexity index is 943. The SMILES string of the molecule is Oc1c2c(nn1-c1ccccn1)CCC(NCCc1ccc(Cl)c(Cl)c1)C2. The van der Waals surface area contributed by atoms with Gasteiger partial charge < -0.3 is 10.4 Å². The summed E-state index contributed by atoms with van der Waals surface area (Å²) >= 11 is 12.0. The van der Waals surface area contributed by atoms with Crippen molar-refractivity contribution in [1.82, 2.24) is 20.1 Å². The Kier molecular flexibility index (Phi) is 5.34. The van der Waals surface area contributed by atoms with Gasteiger partial charge >= 0.3 is 0 Å². The standard InChI is InChI=1S/C20H20Cl2N4O/c21-16-6-4-13(11-17(16)22)8-10-23-14-5-7-18-15(12-14)20(27)26(25-18)19-3-1-2-9-24-19/h1-4,6,9,11,14,23,27H,5,7-8,10,12H2. The summed E-state index contributed by atoms with van der Waals surface area (Å²) in [5, 5.41) is 19.9. The molecule has 0 saturated heterocycles. The number of hydrogen-bond donors (Lipinski definition) is 2. The number of nitrogens with zero attached hydrogens (tertiary/aromatic N) is 3. The highest BCUT2D eigenvalue weighted by Gasteiger charge is 2.26. The Morgan fingerprint density at radius 3 is 2.85 bits per heavy atom. The van der Waals surface area contributed by atoms with Crippen molar-refractivity contribution in [2.45, 2.75) is 31.7 Å². The smallest absolute Gasteiger partial charge is 0.219 e. The molecule has 0 fully saturated rings. The van der Waals surface area contributed by atoms with Gasteiger partial charge in [-0.15, -0.1) is 0 Å². The number of pyridine rings is 1. The summed E-state index contributed by atoms with van der Waals surface area (Å²) in [6, 6.07) is 11.6. The van der Waals surface area contributed by atoms with E-state index in [0.717, 1.165) is 49.0 Å². The predicted molar refractivity (Wildman–Crippen MR) is 107 cm³/mol. The van der Waals surface area contributed by atoms with Gasteiger partial charge in [0.2, 0.25) is 5.88 Å². The first-order valence-corrected chi connectivity index (χ1v) is 9.76. The fourth-order valence-corrected chi connectivity index (χ4v) is 3.80. The van der Waals surface area contributed by atoms with Gasteiger partial charge in [0.1, 0.15) is 0 Å². The number of hydrogen-bond acceptors (Lipinski definition) is 4. The minimum Gasteiger partial charge on any atom is -0.493 e. The highest BCUT2D eigenvalue weighted by Crippen LogP contribution is 2.30. The van der Waals surface area contributed by atoms with Gasteiger partial charge in [-0.2, -0.15) is 9.78 Å². The summed E-state index contributed by atoms with van der Waals surface area (Å²) in [6.07, 6.45) is 5.16. The van der Waals surface area contributed by atoms with Gasteiger partial charge in [0, 0.05) is 17.8 Å². The van der Waals surface area contributed by atoms with Crippen LogP contribution in [0.15, 0.2) is 42.6 Å². The van der Waals surface area contributed by atoms with E-state index < -0.39 is 0 Å².